The minimum atomic E-state index is -0.0172. The van der Waals surface area contributed by atoms with E-state index in [-0.39, 0.29) is 6.03 Å². The van der Waals surface area contributed by atoms with Crippen molar-refractivity contribution in [2.45, 2.75) is 66.2 Å². The van der Waals surface area contributed by atoms with E-state index in [1.165, 1.54) is 11.1 Å². The largest absolute Gasteiger partial charge is 0.353 e. The smallest absolute Gasteiger partial charge is 0.321 e. The van der Waals surface area contributed by atoms with Gasteiger partial charge < -0.3 is 15.1 Å². The highest BCUT2D eigenvalue weighted by atomic mass is 16.2. The van der Waals surface area contributed by atoms with Crippen LogP contribution in [0.1, 0.15) is 81.9 Å². The van der Waals surface area contributed by atoms with E-state index in [9.17, 15) is 4.79 Å². The summed E-state index contributed by atoms with van der Waals surface area (Å²) in [4.78, 5) is 26.6. The van der Waals surface area contributed by atoms with Gasteiger partial charge in [0.1, 0.15) is 11.6 Å². The summed E-state index contributed by atoms with van der Waals surface area (Å²) < 4.78 is 0. The monoisotopic (exact) mass is 423 g/mol. The van der Waals surface area contributed by atoms with E-state index in [1.807, 2.05) is 17.9 Å². The molecule has 1 fully saturated rings. The third-order valence-corrected chi connectivity index (χ3v) is 5.87. The molecule has 31 heavy (non-hydrogen) atoms. The van der Waals surface area contributed by atoms with Gasteiger partial charge in [-0.2, -0.15) is 0 Å². The van der Waals surface area contributed by atoms with Crippen molar-refractivity contribution in [3.05, 3.63) is 46.9 Å². The number of para-hydroxylation sites is 1. The first-order valence-corrected chi connectivity index (χ1v) is 11.5. The summed E-state index contributed by atoms with van der Waals surface area (Å²) in [5.74, 6) is 2.83. The van der Waals surface area contributed by atoms with Crippen molar-refractivity contribution in [1.82, 2.24) is 14.9 Å². The quantitative estimate of drug-likeness (QED) is 0.689. The lowest BCUT2D eigenvalue weighted by molar-refractivity contribution is 0.208. The van der Waals surface area contributed by atoms with Gasteiger partial charge in [-0.15, -0.1) is 0 Å². The van der Waals surface area contributed by atoms with Crippen molar-refractivity contribution in [1.29, 1.82) is 0 Å². The average molecular weight is 424 g/mol. The van der Waals surface area contributed by atoms with Crippen LogP contribution in [-0.2, 0) is 0 Å². The zero-order valence-electron chi connectivity index (χ0n) is 20.1. The number of carbonyl (C=O) groups excluding carboxylic acids is 1. The number of anilines is 2. The standard InChI is InChI=1S/C25H37N5O/c1-16(2)20-9-8-10-21(17(3)4)23(20)28-25(31)30-13-11-29(12-14-30)22-15-19(7)26-24(27-22)18(5)6/h8-10,15-18H,11-14H2,1-7H3,(H,28,31). The molecule has 6 nitrogen and oxygen atoms in total. The Morgan fingerprint density at radius 2 is 1.48 bits per heavy atom. The van der Waals surface area contributed by atoms with E-state index in [0.29, 0.717) is 30.8 Å². The number of benzene rings is 1. The zero-order chi connectivity index (χ0) is 22.7. The molecule has 2 aromatic rings. The molecule has 0 unspecified atom stereocenters. The third kappa shape index (κ3) is 5.35. The number of aromatic nitrogens is 2. The van der Waals surface area contributed by atoms with Crippen LogP contribution >= 0.6 is 0 Å². The van der Waals surface area contributed by atoms with Crippen LogP contribution < -0.4 is 10.2 Å². The van der Waals surface area contributed by atoms with E-state index in [2.05, 4.69) is 74.9 Å². The summed E-state index contributed by atoms with van der Waals surface area (Å²) in [5, 5.41) is 3.24. The molecule has 0 atom stereocenters. The molecule has 0 bridgehead atoms. The Bertz CT molecular complexity index is 888. The van der Waals surface area contributed by atoms with E-state index in [4.69, 9.17) is 4.98 Å². The van der Waals surface area contributed by atoms with Crippen LogP contribution in [0.2, 0.25) is 0 Å². The van der Waals surface area contributed by atoms with E-state index < -0.39 is 0 Å². The minimum Gasteiger partial charge on any atom is -0.353 e. The van der Waals surface area contributed by atoms with Crippen LogP contribution in [0.5, 0.6) is 0 Å². The molecular weight excluding hydrogens is 386 g/mol. The van der Waals surface area contributed by atoms with Crippen molar-refractivity contribution >= 4 is 17.5 Å². The van der Waals surface area contributed by atoms with Gasteiger partial charge in [0.15, 0.2) is 0 Å². The Hall–Kier alpha value is -2.63. The fourth-order valence-corrected chi connectivity index (χ4v) is 4.01. The maximum Gasteiger partial charge on any atom is 0.321 e. The summed E-state index contributed by atoms with van der Waals surface area (Å²) >= 11 is 0. The van der Waals surface area contributed by atoms with Gasteiger partial charge in [0, 0.05) is 49.5 Å². The first-order chi connectivity index (χ1) is 14.7. The molecule has 1 aromatic carbocycles. The molecule has 2 amide bonds. The van der Waals surface area contributed by atoms with Gasteiger partial charge in [-0.05, 0) is 29.9 Å². The Morgan fingerprint density at radius 1 is 0.903 bits per heavy atom. The molecule has 1 N–H and O–H groups in total. The highest BCUT2D eigenvalue weighted by Gasteiger charge is 2.24. The average Bonchev–Trinajstić information content (AvgIpc) is 2.73. The summed E-state index contributed by atoms with van der Waals surface area (Å²) in [6.07, 6.45) is 0. The van der Waals surface area contributed by atoms with Crippen LogP contribution in [0.25, 0.3) is 0 Å². The van der Waals surface area contributed by atoms with Gasteiger partial charge in [0.05, 0.1) is 0 Å². The third-order valence-electron chi connectivity index (χ3n) is 5.87. The first-order valence-electron chi connectivity index (χ1n) is 11.5. The SMILES string of the molecule is Cc1cc(N2CCN(C(=O)Nc3c(C(C)C)cccc3C(C)C)CC2)nc(C(C)C)n1. The Morgan fingerprint density at radius 3 is 2.00 bits per heavy atom. The molecule has 2 heterocycles. The second kappa shape index (κ2) is 9.67. The van der Waals surface area contributed by atoms with Crippen LogP contribution in [0.4, 0.5) is 16.3 Å². The van der Waals surface area contributed by atoms with Crippen LogP contribution in [0, 0.1) is 6.92 Å². The summed E-state index contributed by atoms with van der Waals surface area (Å²) in [6.45, 7) is 17.8. The zero-order valence-corrected chi connectivity index (χ0v) is 20.1. The van der Waals surface area contributed by atoms with Crippen molar-refractivity contribution in [3.63, 3.8) is 0 Å². The highest BCUT2D eigenvalue weighted by molar-refractivity contribution is 5.91. The molecule has 1 aromatic heterocycles. The molecule has 1 aliphatic rings. The van der Waals surface area contributed by atoms with Crippen molar-refractivity contribution in [3.8, 4) is 0 Å². The summed E-state index contributed by atoms with van der Waals surface area (Å²) in [5.41, 5.74) is 4.35. The normalized spacial score (nSPS) is 14.6. The molecule has 0 saturated carbocycles. The molecular formula is C25H37N5O. The second-order valence-electron chi connectivity index (χ2n) is 9.41. The van der Waals surface area contributed by atoms with Crippen LogP contribution in [0.3, 0.4) is 0 Å². The molecule has 1 saturated heterocycles. The van der Waals surface area contributed by atoms with Gasteiger partial charge in [0.2, 0.25) is 0 Å². The number of rotatable bonds is 5. The number of nitrogens with one attached hydrogen (secondary N) is 1. The van der Waals surface area contributed by atoms with E-state index in [0.717, 1.165) is 36.1 Å². The van der Waals surface area contributed by atoms with E-state index in [1.54, 1.807) is 0 Å². The Labute approximate surface area is 187 Å². The number of amides is 2. The number of hydrogen-bond donors (Lipinski definition) is 1. The summed E-state index contributed by atoms with van der Waals surface area (Å²) in [6, 6.07) is 8.35. The lowest BCUT2D eigenvalue weighted by Crippen LogP contribution is -2.50. The van der Waals surface area contributed by atoms with Crippen molar-refractivity contribution in [2.75, 3.05) is 36.4 Å². The number of nitrogens with zero attached hydrogens (tertiary/aromatic N) is 4. The van der Waals surface area contributed by atoms with Gasteiger partial charge in [0.25, 0.3) is 0 Å². The first kappa shape index (κ1) is 23.0. The van der Waals surface area contributed by atoms with Gasteiger partial charge >= 0.3 is 6.03 Å². The molecule has 6 heteroatoms. The van der Waals surface area contributed by atoms with Gasteiger partial charge in [-0.3, -0.25) is 0 Å². The minimum absolute atomic E-state index is 0.0172. The fourth-order valence-electron chi connectivity index (χ4n) is 4.01. The summed E-state index contributed by atoms with van der Waals surface area (Å²) in [7, 11) is 0. The lowest BCUT2D eigenvalue weighted by atomic mass is 9.93. The van der Waals surface area contributed by atoms with Gasteiger partial charge in [-0.25, -0.2) is 14.8 Å². The highest BCUT2D eigenvalue weighted by Crippen LogP contribution is 2.32. The number of aryl methyl sites for hydroxylation is 1. The molecule has 0 spiro atoms. The maximum atomic E-state index is 13.1. The van der Waals surface area contributed by atoms with Crippen molar-refractivity contribution in [2.24, 2.45) is 0 Å². The number of urea groups is 1. The Balaban J connectivity index is 1.71. The fraction of sp³-hybridized carbons (Fsp3) is 0.560. The van der Waals surface area contributed by atoms with Gasteiger partial charge in [-0.1, -0.05) is 59.7 Å². The topological polar surface area (TPSA) is 61.4 Å². The molecule has 0 aliphatic carbocycles. The molecule has 0 radical (unpaired) electrons. The number of hydrogen-bond acceptors (Lipinski definition) is 4. The van der Waals surface area contributed by atoms with E-state index >= 15 is 0 Å². The Kier molecular flexibility index (Phi) is 7.19. The lowest BCUT2D eigenvalue weighted by Gasteiger charge is -2.36. The molecule has 1 aliphatic heterocycles. The van der Waals surface area contributed by atoms with Crippen LogP contribution in [0.15, 0.2) is 24.3 Å². The number of carbonyl (C=O) groups is 1. The molecule has 168 valence electrons. The maximum absolute atomic E-state index is 13.1. The van der Waals surface area contributed by atoms with Crippen molar-refractivity contribution < 1.29 is 4.79 Å². The predicted octanol–water partition coefficient (Wildman–Crippen LogP) is 5.51. The second-order valence-corrected chi connectivity index (χ2v) is 9.41. The van der Waals surface area contributed by atoms with Crippen LogP contribution in [-0.4, -0.2) is 47.1 Å². The predicted molar refractivity (Wildman–Crippen MR) is 128 cm³/mol. The molecule has 3 rings (SSSR count). The number of piperazine rings is 1.